The van der Waals surface area contributed by atoms with Gasteiger partial charge in [0.1, 0.15) is 28.1 Å². The van der Waals surface area contributed by atoms with Crippen LogP contribution >= 0.6 is 11.3 Å². The molecule has 11 heteroatoms. The minimum atomic E-state index is -1.33. The molecular weight excluding hydrogens is 434 g/mol. The van der Waals surface area contributed by atoms with E-state index in [1.807, 2.05) is 0 Å². The zero-order valence-corrected chi connectivity index (χ0v) is 18.8. The molecule has 0 saturated carbocycles. The fourth-order valence-electron chi connectivity index (χ4n) is 2.53. The second kappa shape index (κ2) is 9.60. The topological polar surface area (TPSA) is 136 Å². The number of carboxylic acids is 1. The molecule has 0 radical (unpaired) electrons. The van der Waals surface area contributed by atoms with Gasteiger partial charge in [0, 0.05) is 11.8 Å². The number of esters is 1. The van der Waals surface area contributed by atoms with Gasteiger partial charge in [-0.15, -0.1) is 0 Å². The van der Waals surface area contributed by atoms with E-state index >= 15 is 0 Å². The second-order valence-electron chi connectivity index (χ2n) is 7.13. The van der Waals surface area contributed by atoms with E-state index < -0.39 is 17.5 Å². The second-order valence-corrected chi connectivity index (χ2v) is 8.16. The van der Waals surface area contributed by atoms with E-state index in [0.29, 0.717) is 39.8 Å². The highest BCUT2D eigenvalue weighted by atomic mass is 32.1. The Morgan fingerprint density at radius 3 is 2.41 bits per heavy atom. The van der Waals surface area contributed by atoms with Gasteiger partial charge in [0.05, 0.1) is 12.8 Å². The molecule has 32 heavy (non-hydrogen) atoms. The van der Waals surface area contributed by atoms with Crippen molar-refractivity contribution in [2.45, 2.75) is 33.3 Å². The predicted octanol–water partition coefficient (Wildman–Crippen LogP) is 4.15. The molecule has 0 unspecified atom stereocenters. The Morgan fingerprint density at radius 1 is 1.12 bits per heavy atom. The van der Waals surface area contributed by atoms with E-state index in [-0.39, 0.29) is 0 Å². The number of benzene rings is 1. The normalized spacial score (nSPS) is 11.0. The number of hydrogen-bond donors (Lipinski definition) is 3. The predicted molar refractivity (Wildman–Crippen MR) is 120 cm³/mol. The third-order valence-electron chi connectivity index (χ3n) is 4.07. The van der Waals surface area contributed by atoms with Crippen LogP contribution in [0.1, 0.15) is 36.3 Å². The number of thiazole rings is 1. The van der Waals surface area contributed by atoms with Crippen LogP contribution in [0.4, 0.5) is 22.5 Å². The molecule has 3 N–H and O–H groups in total. The highest BCUT2D eigenvalue weighted by molar-refractivity contribution is 7.17. The number of nitrogens with zero attached hydrogens (tertiary/aromatic N) is 3. The average Bonchev–Trinajstić information content (AvgIpc) is 3.17. The fraction of sp³-hybridized carbons (Fsp3) is 0.286. The minimum Gasteiger partial charge on any atom is -0.478 e. The first-order valence-electron chi connectivity index (χ1n) is 9.71. The molecule has 0 aliphatic heterocycles. The summed E-state index contributed by atoms with van der Waals surface area (Å²) in [6, 6.07) is 8.56. The van der Waals surface area contributed by atoms with Crippen LogP contribution in [0.25, 0.3) is 0 Å². The van der Waals surface area contributed by atoms with Gasteiger partial charge in [0.25, 0.3) is 0 Å². The van der Waals surface area contributed by atoms with E-state index in [1.54, 1.807) is 44.2 Å². The number of hydrogen-bond acceptors (Lipinski definition) is 10. The van der Waals surface area contributed by atoms with Gasteiger partial charge in [-0.3, -0.25) is 0 Å². The third-order valence-corrected chi connectivity index (χ3v) is 4.96. The standard InChI is InChI=1S/C21H23N5O5S/c1-5-30-18(27)15-11-22-20(32-15)26-17-10-16(23-12(2)24-17)25-13-6-8-14(9-7-13)31-21(3,4)19(28)29/h6-11H,5H2,1-4H3,(H,28,29)(H2,22,23,24,25,26). The van der Waals surface area contributed by atoms with Crippen LogP contribution < -0.4 is 15.4 Å². The van der Waals surface area contributed by atoms with E-state index in [4.69, 9.17) is 9.47 Å². The zero-order valence-electron chi connectivity index (χ0n) is 18.0. The summed E-state index contributed by atoms with van der Waals surface area (Å²) in [7, 11) is 0. The fourth-order valence-corrected chi connectivity index (χ4v) is 3.24. The van der Waals surface area contributed by atoms with Crippen molar-refractivity contribution >= 4 is 45.7 Å². The van der Waals surface area contributed by atoms with Gasteiger partial charge in [-0.1, -0.05) is 11.3 Å². The number of carbonyl (C=O) groups is 2. The van der Waals surface area contributed by atoms with E-state index in [2.05, 4.69) is 25.6 Å². The molecule has 0 bridgehead atoms. The van der Waals surface area contributed by atoms with E-state index in [9.17, 15) is 14.7 Å². The number of aliphatic carboxylic acids is 1. The number of anilines is 4. The Bertz CT molecular complexity index is 1110. The van der Waals surface area contributed by atoms with Crippen molar-refractivity contribution in [1.29, 1.82) is 0 Å². The first kappa shape index (κ1) is 22.9. The first-order chi connectivity index (χ1) is 15.2. The largest absolute Gasteiger partial charge is 0.478 e. The Balaban J connectivity index is 1.70. The number of rotatable bonds is 9. The molecule has 3 aromatic rings. The van der Waals surface area contributed by atoms with Crippen LogP contribution in [0, 0.1) is 6.92 Å². The highest BCUT2D eigenvalue weighted by Gasteiger charge is 2.29. The van der Waals surface area contributed by atoms with Crippen LogP contribution in [0.3, 0.4) is 0 Å². The molecule has 2 aromatic heterocycles. The molecule has 0 amide bonds. The van der Waals surface area contributed by atoms with Crippen molar-refractivity contribution in [1.82, 2.24) is 15.0 Å². The van der Waals surface area contributed by atoms with Gasteiger partial charge < -0.3 is 25.2 Å². The number of carbonyl (C=O) groups excluding carboxylic acids is 1. The Kier molecular flexibility index (Phi) is 6.89. The molecule has 0 aliphatic rings. The molecule has 10 nitrogen and oxygen atoms in total. The first-order valence-corrected chi connectivity index (χ1v) is 10.5. The summed E-state index contributed by atoms with van der Waals surface area (Å²) >= 11 is 1.17. The maximum Gasteiger partial charge on any atom is 0.350 e. The Hall–Kier alpha value is -3.73. The van der Waals surface area contributed by atoms with Crippen molar-refractivity contribution in [3.63, 3.8) is 0 Å². The molecule has 0 atom stereocenters. The number of ether oxygens (including phenoxy) is 2. The molecule has 0 fully saturated rings. The molecule has 0 spiro atoms. The number of aryl methyl sites for hydroxylation is 1. The number of carboxylic acid groups (broad SMARTS) is 1. The van der Waals surface area contributed by atoms with Crippen LogP contribution in [-0.2, 0) is 9.53 Å². The van der Waals surface area contributed by atoms with Crippen LogP contribution in [-0.4, -0.2) is 44.2 Å². The summed E-state index contributed by atoms with van der Waals surface area (Å²) in [5, 5.41) is 15.9. The van der Waals surface area contributed by atoms with Gasteiger partial charge >= 0.3 is 11.9 Å². The van der Waals surface area contributed by atoms with Gasteiger partial charge in [-0.25, -0.2) is 24.5 Å². The van der Waals surface area contributed by atoms with E-state index in [1.165, 1.54) is 31.4 Å². The van der Waals surface area contributed by atoms with Crippen LogP contribution in [0.5, 0.6) is 5.75 Å². The van der Waals surface area contributed by atoms with Crippen LogP contribution in [0.15, 0.2) is 36.5 Å². The molecule has 0 saturated heterocycles. The zero-order chi connectivity index (χ0) is 23.3. The van der Waals surface area contributed by atoms with Gasteiger partial charge in [-0.05, 0) is 52.0 Å². The summed E-state index contributed by atoms with van der Waals surface area (Å²) < 4.78 is 10.5. The van der Waals surface area contributed by atoms with Crippen molar-refractivity contribution in [3.05, 3.63) is 47.2 Å². The van der Waals surface area contributed by atoms with Crippen molar-refractivity contribution in [2.24, 2.45) is 0 Å². The van der Waals surface area contributed by atoms with Crippen molar-refractivity contribution in [2.75, 3.05) is 17.2 Å². The molecule has 3 rings (SSSR count). The average molecular weight is 458 g/mol. The monoisotopic (exact) mass is 457 g/mol. The van der Waals surface area contributed by atoms with Gasteiger partial charge in [-0.2, -0.15) is 0 Å². The Labute approximate surface area is 188 Å². The summed E-state index contributed by atoms with van der Waals surface area (Å²) in [6.07, 6.45) is 1.45. The lowest BCUT2D eigenvalue weighted by atomic mass is 10.1. The molecule has 2 heterocycles. The summed E-state index contributed by atoms with van der Waals surface area (Å²) in [5.41, 5.74) is -0.601. The maximum atomic E-state index is 11.8. The number of aromatic nitrogens is 3. The number of nitrogens with one attached hydrogen (secondary N) is 2. The highest BCUT2D eigenvalue weighted by Crippen LogP contribution is 2.26. The van der Waals surface area contributed by atoms with Gasteiger partial charge in [0.2, 0.25) is 0 Å². The van der Waals surface area contributed by atoms with Gasteiger partial charge in [0.15, 0.2) is 10.7 Å². The molecule has 0 aliphatic carbocycles. The quantitative estimate of drug-likeness (QED) is 0.402. The lowest BCUT2D eigenvalue weighted by Gasteiger charge is -2.21. The SMILES string of the molecule is CCOC(=O)c1cnc(Nc2cc(Nc3ccc(OC(C)(C)C(=O)O)cc3)nc(C)n2)s1. The Morgan fingerprint density at radius 2 is 1.78 bits per heavy atom. The lowest BCUT2D eigenvalue weighted by Crippen LogP contribution is -2.37. The smallest absolute Gasteiger partial charge is 0.350 e. The molecule has 168 valence electrons. The summed E-state index contributed by atoms with van der Waals surface area (Å²) in [4.78, 5) is 36.3. The molecule has 1 aromatic carbocycles. The summed E-state index contributed by atoms with van der Waals surface area (Å²) in [5.74, 6) is 0.548. The van der Waals surface area contributed by atoms with Crippen molar-refractivity contribution < 1.29 is 24.2 Å². The summed E-state index contributed by atoms with van der Waals surface area (Å²) in [6.45, 7) is 6.76. The van der Waals surface area contributed by atoms with Crippen molar-refractivity contribution in [3.8, 4) is 5.75 Å². The van der Waals surface area contributed by atoms with Crippen LogP contribution in [0.2, 0.25) is 0 Å². The third kappa shape index (κ3) is 5.91. The van der Waals surface area contributed by atoms with E-state index in [0.717, 1.165) is 5.69 Å². The molecular formula is C21H23N5O5S. The lowest BCUT2D eigenvalue weighted by molar-refractivity contribution is -0.152. The maximum absolute atomic E-state index is 11.8. The minimum absolute atomic E-state index is 0.296.